The number of rotatable bonds is 9. The van der Waals surface area contributed by atoms with Crippen LogP contribution in [0.1, 0.15) is 40.0 Å². The van der Waals surface area contributed by atoms with Gasteiger partial charge >= 0.3 is 12.2 Å². The van der Waals surface area contributed by atoms with Gasteiger partial charge in [-0.15, -0.1) is 0 Å². The Morgan fingerprint density at radius 3 is 1.87 bits per heavy atom. The Hall–Kier alpha value is -1.54. The van der Waals surface area contributed by atoms with E-state index in [4.69, 9.17) is 9.47 Å². The quantitative estimate of drug-likeness (QED) is 0.551. The van der Waals surface area contributed by atoms with E-state index in [0.29, 0.717) is 19.8 Å². The van der Waals surface area contributed by atoms with E-state index in [1.54, 1.807) is 0 Å². The van der Waals surface area contributed by atoms with E-state index < -0.39 is 0 Å². The van der Waals surface area contributed by atoms with Gasteiger partial charge in [0.2, 0.25) is 0 Å². The zero-order valence-corrected chi connectivity index (χ0v) is 20.8. The lowest BCUT2D eigenvalue weighted by Crippen LogP contribution is -2.51. The normalized spacial score (nSPS) is 24.1. The molecule has 1 aliphatic rings. The average Bonchev–Trinajstić information content (AvgIpc) is 2.48. The maximum Gasteiger partial charge on any atom is 0.407 e. The number of ether oxygens (including phenoxy) is 2. The van der Waals surface area contributed by atoms with Gasteiger partial charge in [0.15, 0.2) is 0 Å². The molecule has 1 aliphatic carbocycles. The second kappa shape index (κ2) is 10.2. The molecule has 0 saturated heterocycles. The molecule has 0 aromatic heterocycles. The molecule has 176 valence electrons. The van der Waals surface area contributed by atoms with E-state index in [-0.39, 0.29) is 29.1 Å². The molecule has 8 heteroatoms. The Balaban J connectivity index is 2.53. The van der Waals surface area contributed by atoms with E-state index in [1.807, 2.05) is 0 Å². The molecular weight excluding hydrogens is 384 g/mol. The molecule has 0 spiro atoms. The van der Waals surface area contributed by atoms with Crippen molar-refractivity contribution in [1.29, 1.82) is 0 Å². The molecule has 0 aliphatic heterocycles. The highest BCUT2D eigenvalue weighted by molar-refractivity contribution is 5.68. The topological polar surface area (TPSA) is 76.7 Å². The Morgan fingerprint density at radius 2 is 1.37 bits per heavy atom. The van der Waals surface area contributed by atoms with Crippen molar-refractivity contribution >= 4 is 12.2 Å². The van der Waals surface area contributed by atoms with Crippen molar-refractivity contribution in [3.05, 3.63) is 0 Å². The van der Waals surface area contributed by atoms with Gasteiger partial charge in [0, 0.05) is 12.6 Å². The summed E-state index contributed by atoms with van der Waals surface area (Å²) in [6.07, 6.45) is 1.91. The third kappa shape index (κ3) is 11.6. The molecule has 1 saturated carbocycles. The van der Waals surface area contributed by atoms with Crippen LogP contribution in [0, 0.1) is 10.8 Å². The molecule has 0 heterocycles. The molecule has 2 amide bonds. The Kier molecular flexibility index (Phi) is 8.99. The Bertz CT molecular complexity index is 581. The molecular formula is C22H46N4O4+2. The molecule has 8 nitrogen and oxygen atoms in total. The number of alkyl carbamates (subject to hydrolysis) is 2. The van der Waals surface area contributed by atoms with Crippen LogP contribution in [0.15, 0.2) is 0 Å². The molecule has 2 N–H and O–H groups in total. The largest absolute Gasteiger partial charge is 0.444 e. The molecule has 1 rings (SSSR count). The summed E-state index contributed by atoms with van der Waals surface area (Å²) < 4.78 is 12.2. The van der Waals surface area contributed by atoms with Gasteiger partial charge < -0.3 is 29.1 Å². The predicted molar refractivity (Wildman–Crippen MR) is 119 cm³/mol. The first kappa shape index (κ1) is 26.5. The zero-order valence-electron chi connectivity index (χ0n) is 20.8. The number of amides is 2. The highest BCUT2D eigenvalue weighted by Crippen LogP contribution is 2.45. The van der Waals surface area contributed by atoms with Gasteiger partial charge in [0.05, 0.1) is 42.3 Å². The van der Waals surface area contributed by atoms with Crippen molar-refractivity contribution in [2.45, 2.75) is 46.1 Å². The maximum atomic E-state index is 12.3. The first-order valence-electron chi connectivity index (χ1n) is 10.9. The van der Waals surface area contributed by atoms with Gasteiger partial charge in [0.1, 0.15) is 26.3 Å². The summed E-state index contributed by atoms with van der Waals surface area (Å²) in [4.78, 5) is 24.4. The molecule has 0 radical (unpaired) electrons. The lowest BCUT2D eigenvalue weighted by molar-refractivity contribution is -0.870. The highest BCUT2D eigenvalue weighted by atomic mass is 16.6. The van der Waals surface area contributed by atoms with Gasteiger partial charge in [-0.3, -0.25) is 0 Å². The third-order valence-electron chi connectivity index (χ3n) is 5.42. The molecule has 1 fully saturated rings. The molecule has 0 aromatic rings. The van der Waals surface area contributed by atoms with Crippen LogP contribution < -0.4 is 10.6 Å². The third-order valence-corrected chi connectivity index (χ3v) is 5.42. The number of quaternary nitrogens is 2. The van der Waals surface area contributed by atoms with Crippen LogP contribution in [0.25, 0.3) is 0 Å². The van der Waals surface area contributed by atoms with Gasteiger partial charge in [-0.2, -0.15) is 0 Å². The Labute approximate surface area is 183 Å². The summed E-state index contributed by atoms with van der Waals surface area (Å²) in [6, 6.07) is 0.0198. The van der Waals surface area contributed by atoms with Crippen molar-refractivity contribution in [3.63, 3.8) is 0 Å². The fraction of sp³-hybridized carbons (Fsp3) is 0.909. The molecule has 2 unspecified atom stereocenters. The highest BCUT2D eigenvalue weighted by Gasteiger charge is 2.42. The van der Waals surface area contributed by atoms with E-state index in [2.05, 4.69) is 73.7 Å². The number of nitrogens with zero attached hydrogens (tertiary/aromatic N) is 2. The first-order valence-corrected chi connectivity index (χ1v) is 10.9. The molecule has 2 atom stereocenters. The summed E-state index contributed by atoms with van der Waals surface area (Å²) in [6.45, 7) is 9.42. The SMILES string of the molecule is CC1(C)CC(NC(=O)OCC[N+](C)(C)C)CC(C)(CNC(=O)OCC[N+](C)(C)C)C1. The average molecular weight is 431 g/mol. The second-order valence-corrected chi connectivity index (χ2v) is 12.1. The summed E-state index contributed by atoms with van der Waals surface area (Å²) >= 11 is 0. The first-order chi connectivity index (χ1) is 13.5. The number of likely N-dealkylation sites (N-methyl/N-ethyl adjacent to an activating group) is 2. The number of hydrogen-bond donors (Lipinski definition) is 2. The van der Waals surface area contributed by atoms with E-state index in [1.165, 1.54) is 0 Å². The van der Waals surface area contributed by atoms with E-state index in [0.717, 1.165) is 41.3 Å². The minimum atomic E-state index is -0.378. The van der Waals surface area contributed by atoms with Gasteiger partial charge in [-0.25, -0.2) is 9.59 Å². The smallest absolute Gasteiger partial charge is 0.407 e. The van der Waals surface area contributed by atoms with Crippen molar-refractivity contribution < 1.29 is 28.0 Å². The van der Waals surface area contributed by atoms with Gasteiger partial charge in [-0.05, 0) is 30.1 Å². The summed E-state index contributed by atoms with van der Waals surface area (Å²) in [5.74, 6) is 0. The number of hydrogen-bond acceptors (Lipinski definition) is 4. The molecule has 0 aromatic carbocycles. The fourth-order valence-corrected chi connectivity index (χ4v) is 4.24. The van der Waals surface area contributed by atoms with Crippen LogP contribution in [0.4, 0.5) is 9.59 Å². The van der Waals surface area contributed by atoms with Crippen LogP contribution >= 0.6 is 0 Å². The van der Waals surface area contributed by atoms with Gasteiger partial charge in [0.25, 0.3) is 0 Å². The second-order valence-electron chi connectivity index (χ2n) is 12.1. The van der Waals surface area contributed by atoms with Crippen LogP contribution in [0.2, 0.25) is 0 Å². The predicted octanol–water partition coefficient (Wildman–Crippen LogP) is 2.44. The molecule has 0 bridgehead atoms. The number of carbonyl (C=O) groups is 2. The van der Waals surface area contributed by atoms with Crippen LogP contribution in [0.3, 0.4) is 0 Å². The van der Waals surface area contributed by atoms with Gasteiger partial charge in [-0.1, -0.05) is 20.8 Å². The molecule has 30 heavy (non-hydrogen) atoms. The van der Waals surface area contributed by atoms with Crippen molar-refractivity contribution in [2.24, 2.45) is 10.8 Å². The summed E-state index contributed by atoms with van der Waals surface area (Å²) in [5.41, 5.74) is -0.0658. The van der Waals surface area contributed by atoms with Crippen LogP contribution in [-0.4, -0.2) is 102 Å². The van der Waals surface area contributed by atoms with Crippen LogP contribution in [-0.2, 0) is 9.47 Å². The van der Waals surface area contributed by atoms with Crippen molar-refractivity contribution in [3.8, 4) is 0 Å². The van der Waals surface area contributed by atoms with E-state index >= 15 is 0 Å². The van der Waals surface area contributed by atoms with E-state index in [9.17, 15) is 9.59 Å². The summed E-state index contributed by atoms with van der Waals surface area (Å²) in [7, 11) is 12.4. The minimum Gasteiger partial charge on any atom is -0.444 e. The van der Waals surface area contributed by atoms with Crippen molar-refractivity contribution in [1.82, 2.24) is 10.6 Å². The zero-order chi connectivity index (χ0) is 23.2. The van der Waals surface area contributed by atoms with Crippen LogP contribution in [0.5, 0.6) is 0 Å². The fourth-order valence-electron chi connectivity index (χ4n) is 4.24. The summed E-state index contributed by atoms with van der Waals surface area (Å²) in [5, 5.41) is 5.97. The lowest BCUT2D eigenvalue weighted by Gasteiger charge is -2.46. The Morgan fingerprint density at radius 1 is 0.867 bits per heavy atom. The minimum absolute atomic E-state index is 0.0198. The van der Waals surface area contributed by atoms with Crippen molar-refractivity contribution in [2.75, 3.05) is 75.1 Å². The monoisotopic (exact) mass is 430 g/mol. The number of nitrogens with one attached hydrogen (secondary N) is 2. The standard InChI is InChI=1S/C22H44N4O4/c1-21(2)14-18(24-20(28)30-13-11-26(7,8)9)15-22(3,16-21)17-23-19(27)29-12-10-25(4,5)6/h18H,10-17H2,1-9H3/p+2. The number of carbonyl (C=O) groups excluding carboxylic acids is 2. The lowest BCUT2D eigenvalue weighted by atomic mass is 9.62. The maximum absolute atomic E-state index is 12.3.